The zero-order valence-corrected chi connectivity index (χ0v) is 19.2. The first-order chi connectivity index (χ1) is 16.6. The van der Waals surface area contributed by atoms with Crippen molar-refractivity contribution >= 4 is 34.7 Å². The number of carbonyl (C=O) groups is 1. The summed E-state index contributed by atoms with van der Waals surface area (Å²) >= 11 is 6.05. The molecule has 2 aliphatic rings. The van der Waals surface area contributed by atoms with Gasteiger partial charge in [0.05, 0.1) is 17.0 Å². The Balaban J connectivity index is 1.38. The Morgan fingerprint density at radius 2 is 1.41 bits per heavy atom. The molecule has 6 rings (SSSR count). The molecule has 2 N–H and O–H groups in total. The topological polar surface area (TPSA) is 75.3 Å². The van der Waals surface area contributed by atoms with E-state index in [1.54, 1.807) is 0 Å². The fraction of sp³-hybridized carbons (Fsp3) is 0.148. The minimum Gasteiger partial charge on any atom is -0.368 e. The number of piperazine rings is 1. The van der Waals surface area contributed by atoms with Crippen LogP contribution in [0.5, 0.6) is 0 Å². The summed E-state index contributed by atoms with van der Waals surface area (Å²) in [6, 6.07) is 23.5. The first-order valence-corrected chi connectivity index (χ1v) is 11.6. The zero-order valence-electron chi connectivity index (χ0n) is 18.4. The van der Waals surface area contributed by atoms with Gasteiger partial charge in [0.1, 0.15) is 0 Å². The number of nitrogen functional groups attached to an aromatic ring is 1. The molecule has 1 aliphatic heterocycles. The molecule has 0 bridgehead atoms. The smallest absolute Gasteiger partial charge is 0.221 e. The number of rotatable bonds is 3. The van der Waals surface area contributed by atoms with E-state index in [1.165, 1.54) is 0 Å². The Labute approximate surface area is 202 Å². The number of fused-ring (bicyclic) bond motifs is 3. The second-order valence-electron chi connectivity index (χ2n) is 8.50. The molecule has 4 aromatic rings. The van der Waals surface area contributed by atoms with Crippen molar-refractivity contribution in [3.05, 3.63) is 88.9 Å². The van der Waals surface area contributed by atoms with E-state index in [0.29, 0.717) is 22.5 Å². The van der Waals surface area contributed by atoms with E-state index in [-0.39, 0.29) is 11.7 Å². The summed E-state index contributed by atoms with van der Waals surface area (Å²) in [5.41, 5.74) is 12.4. The third kappa shape index (κ3) is 3.38. The number of aromatic nitrogens is 2. The molecule has 0 atom stereocenters. The molecule has 7 heteroatoms. The van der Waals surface area contributed by atoms with Crippen LogP contribution in [0.4, 0.5) is 17.3 Å². The third-order valence-electron chi connectivity index (χ3n) is 6.54. The van der Waals surface area contributed by atoms with Crippen LogP contribution < -0.4 is 15.5 Å². The molecule has 1 aliphatic carbocycles. The number of nitrogens with two attached hydrogens (primary N) is 1. The maximum absolute atomic E-state index is 13.5. The number of hydrogen-bond acceptors (Lipinski definition) is 6. The van der Waals surface area contributed by atoms with E-state index in [4.69, 9.17) is 17.3 Å². The van der Waals surface area contributed by atoms with Crippen molar-refractivity contribution in [3.63, 3.8) is 0 Å². The molecule has 0 amide bonds. The van der Waals surface area contributed by atoms with Crippen molar-refractivity contribution in [1.29, 1.82) is 0 Å². The summed E-state index contributed by atoms with van der Waals surface area (Å²) in [5, 5.41) is 0.738. The molecular formula is C27H22ClN5O. The number of hydrogen-bond donors (Lipinski definition) is 1. The van der Waals surface area contributed by atoms with Gasteiger partial charge in [0, 0.05) is 59.3 Å². The first-order valence-electron chi connectivity index (χ1n) is 11.3. The van der Waals surface area contributed by atoms with Crippen LogP contribution in [-0.4, -0.2) is 41.9 Å². The molecule has 0 unspecified atom stereocenters. The minimum absolute atomic E-state index is 0.0505. The maximum atomic E-state index is 13.5. The SMILES string of the molecule is Nc1nc(-c2ccccc2)c2c(n1)-c1c(cccc1N1CCN(c3ccc(Cl)cc3)CC1)C2=O. The van der Waals surface area contributed by atoms with Crippen molar-refractivity contribution in [2.24, 2.45) is 0 Å². The van der Waals surface area contributed by atoms with Gasteiger partial charge in [0.2, 0.25) is 5.95 Å². The van der Waals surface area contributed by atoms with Gasteiger partial charge in [-0.3, -0.25) is 4.79 Å². The molecule has 3 aromatic carbocycles. The van der Waals surface area contributed by atoms with Gasteiger partial charge in [0.25, 0.3) is 0 Å². The lowest BCUT2D eigenvalue weighted by Gasteiger charge is -2.38. The Kier molecular flexibility index (Phi) is 4.96. The van der Waals surface area contributed by atoms with Crippen LogP contribution in [-0.2, 0) is 0 Å². The maximum Gasteiger partial charge on any atom is 0.221 e. The fourth-order valence-electron chi connectivity index (χ4n) is 4.91. The summed E-state index contributed by atoms with van der Waals surface area (Å²) in [6.45, 7) is 3.39. The standard InChI is InChI=1S/C27H22ClN5O/c28-18-9-11-19(12-10-18)32-13-15-33(16-14-32)21-8-4-7-20-22(21)25-23(26(20)34)24(30-27(29)31-25)17-5-2-1-3-6-17/h1-12H,13-16H2,(H2,29,30,31). The minimum atomic E-state index is -0.0505. The number of nitrogens with zero attached hydrogens (tertiary/aromatic N) is 4. The molecule has 1 fully saturated rings. The molecule has 1 saturated heterocycles. The Morgan fingerprint density at radius 3 is 2.15 bits per heavy atom. The van der Waals surface area contributed by atoms with Crippen molar-refractivity contribution in [3.8, 4) is 22.5 Å². The first kappa shape index (κ1) is 20.7. The summed E-state index contributed by atoms with van der Waals surface area (Å²) in [6.07, 6.45) is 0. The van der Waals surface area contributed by atoms with Crippen LogP contribution in [0.2, 0.25) is 5.02 Å². The number of halogens is 1. The molecule has 1 aromatic heterocycles. The van der Waals surface area contributed by atoms with Crippen LogP contribution >= 0.6 is 11.6 Å². The lowest BCUT2D eigenvalue weighted by molar-refractivity contribution is 0.104. The molecule has 6 nitrogen and oxygen atoms in total. The van der Waals surface area contributed by atoms with Gasteiger partial charge >= 0.3 is 0 Å². The summed E-state index contributed by atoms with van der Waals surface area (Å²) in [4.78, 5) is 27.2. The lowest BCUT2D eigenvalue weighted by atomic mass is 10.0. The monoisotopic (exact) mass is 467 g/mol. The predicted molar refractivity (Wildman–Crippen MR) is 137 cm³/mol. The highest BCUT2D eigenvalue weighted by Crippen LogP contribution is 2.45. The average Bonchev–Trinajstić information content (AvgIpc) is 3.16. The van der Waals surface area contributed by atoms with E-state index in [0.717, 1.165) is 53.7 Å². The highest BCUT2D eigenvalue weighted by atomic mass is 35.5. The van der Waals surface area contributed by atoms with E-state index in [2.05, 4.69) is 38.0 Å². The van der Waals surface area contributed by atoms with E-state index in [9.17, 15) is 4.79 Å². The zero-order chi connectivity index (χ0) is 23.2. The second-order valence-corrected chi connectivity index (χ2v) is 8.94. The highest BCUT2D eigenvalue weighted by molar-refractivity contribution is 6.30. The summed E-state index contributed by atoms with van der Waals surface area (Å²) in [5.74, 6) is 0.117. The molecular weight excluding hydrogens is 446 g/mol. The predicted octanol–water partition coefficient (Wildman–Crippen LogP) is 4.92. The lowest BCUT2D eigenvalue weighted by Crippen LogP contribution is -2.46. The third-order valence-corrected chi connectivity index (χ3v) is 6.79. The van der Waals surface area contributed by atoms with Gasteiger partial charge in [-0.25, -0.2) is 9.97 Å². The fourth-order valence-corrected chi connectivity index (χ4v) is 5.04. The Bertz CT molecular complexity index is 1400. The van der Waals surface area contributed by atoms with E-state index < -0.39 is 0 Å². The molecule has 0 spiro atoms. The summed E-state index contributed by atoms with van der Waals surface area (Å²) < 4.78 is 0. The average molecular weight is 468 g/mol. The van der Waals surface area contributed by atoms with Gasteiger partial charge in [-0.2, -0.15) is 0 Å². The van der Waals surface area contributed by atoms with Crippen LogP contribution in [0, 0.1) is 0 Å². The molecule has 0 saturated carbocycles. The quantitative estimate of drug-likeness (QED) is 0.406. The molecule has 0 radical (unpaired) electrons. The van der Waals surface area contributed by atoms with Crippen LogP contribution in [0.25, 0.3) is 22.5 Å². The number of ketones is 1. The number of anilines is 3. The van der Waals surface area contributed by atoms with Gasteiger partial charge in [-0.15, -0.1) is 0 Å². The van der Waals surface area contributed by atoms with Gasteiger partial charge in [-0.05, 0) is 30.3 Å². The van der Waals surface area contributed by atoms with Gasteiger partial charge < -0.3 is 15.5 Å². The van der Waals surface area contributed by atoms with E-state index in [1.807, 2.05) is 54.6 Å². The molecule has 168 valence electrons. The van der Waals surface area contributed by atoms with Crippen molar-refractivity contribution in [2.75, 3.05) is 41.7 Å². The largest absolute Gasteiger partial charge is 0.368 e. The van der Waals surface area contributed by atoms with Crippen molar-refractivity contribution < 1.29 is 4.79 Å². The second kappa shape index (κ2) is 8.15. The van der Waals surface area contributed by atoms with Gasteiger partial charge in [0.15, 0.2) is 5.78 Å². The van der Waals surface area contributed by atoms with Crippen LogP contribution in [0.3, 0.4) is 0 Å². The molecule has 2 heterocycles. The van der Waals surface area contributed by atoms with E-state index >= 15 is 0 Å². The summed E-state index contributed by atoms with van der Waals surface area (Å²) in [7, 11) is 0. The van der Waals surface area contributed by atoms with Crippen LogP contribution in [0.1, 0.15) is 15.9 Å². The number of carbonyl (C=O) groups excluding carboxylic acids is 1. The Morgan fingerprint density at radius 1 is 0.735 bits per heavy atom. The molecule has 34 heavy (non-hydrogen) atoms. The number of benzene rings is 3. The van der Waals surface area contributed by atoms with Crippen molar-refractivity contribution in [1.82, 2.24) is 9.97 Å². The van der Waals surface area contributed by atoms with Gasteiger partial charge in [-0.1, -0.05) is 54.1 Å². The van der Waals surface area contributed by atoms with Crippen molar-refractivity contribution in [2.45, 2.75) is 0 Å². The normalized spacial score (nSPS) is 14.8. The van der Waals surface area contributed by atoms with Crippen LogP contribution in [0.15, 0.2) is 72.8 Å². The highest BCUT2D eigenvalue weighted by Gasteiger charge is 2.35. The Hall–Kier alpha value is -3.90.